The van der Waals surface area contributed by atoms with Crippen molar-refractivity contribution in [2.75, 3.05) is 25.5 Å². The Morgan fingerprint density at radius 3 is 2.88 bits per heavy atom. The molecule has 1 aliphatic heterocycles. The Morgan fingerprint density at radius 2 is 2.16 bits per heavy atom. The lowest BCUT2D eigenvalue weighted by atomic mass is 10.1. The van der Waals surface area contributed by atoms with E-state index in [1.807, 2.05) is 21.0 Å². The minimum Gasteiger partial charge on any atom is -0.347 e. The maximum absolute atomic E-state index is 12.6. The summed E-state index contributed by atoms with van der Waals surface area (Å²) in [5, 5.41) is 5.32. The summed E-state index contributed by atoms with van der Waals surface area (Å²) in [5.41, 5.74) is 1.17. The minimum atomic E-state index is -0.136. The average molecular weight is 373 g/mol. The first-order valence-electron chi connectivity index (χ1n) is 8.34. The number of aryl methyl sites for hydroxylation is 1. The van der Waals surface area contributed by atoms with Gasteiger partial charge in [-0.2, -0.15) is 0 Å². The number of carbonyl (C=O) groups excluding carboxylic acids is 1. The van der Waals surface area contributed by atoms with Crippen molar-refractivity contribution in [2.45, 2.75) is 25.8 Å². The quantitative estimate of drug-likeness (QED) is 0.702. The Labute approximate surface area is 154 Å². The maximum Gasteiger partial charge on any atom is 0.244 e. The van der Waals surface area contributed by atoms with E-state index in [0.29, 0.717) is 0 Å². The lowest BCUT2D eigenvalue weighted by molar-refractivity contribution is -0.129. The summed E-state index contributed by atoms with van der Waals surface area (Å²) in [7, 11) is 3.64. The van der Waals surface area contributed by atoms with Gasteiger partial charge in [-0.1, -0.05) is 6.07 Å². The molecule has 0 saturated carbocycles. The zero-order valence-electron chi connectivity index (χ0n) is 14.5. The third kappa shape index (κ3) is 2.81. The number of hydrogen-bond donors (Lipinski definition) is 0. The summed E-state index contributed by atoms with van der Waals surface area (Å²) in [4.78, 5) is 28.1. The van der Waals surface area contributed by atoms with Crippen LogP contribution in [0.2, 0.25) is 0 Å². The number of fused-ring (bicyclic) bond motifs is 1. The molecule has 3 aromatic rings. The molecule has 3 aromatic heterocycles. The first kappa shape index (κ1) is 16.5. The third-order valence-electron chi connectivity index (χ3n) is 4.56. The fourth-order valence-corrected chi connectivity index (χ4v) is 5.22. The van der Waals surface area contributed by atoms with Crippen molar-refractivity contribution in [1.82, 2.24) is 14.9 Å². The molecule has 0 aromatic carbocycles. The molecular formula is C18H20N4OS2. The highest BCUT2D eigenvalue weighted by molar-refractivity contribution is 7.18. The molecule has 4 heterocycles. The maximum atomic E-state index is 12.6. The first-order chi connectivity index (χ1) is 12.1. The second-order valence-corrected chi connectivity index (χ2v) is 8.29. The number of aromatic nitrogens is 2. The van der Waals surface area contributed by atoms with Gasteiger partial charge in [0, 0.05) is 36.5 Å². The van der Waals surface area contributed by atoms with Gasteiger partial charge in [0.1, 0.15) is 22.5 Å². The van der Waals surface area contributed by atoms with Crippen LogP contribution >= 0.6 is 22.7 Å². The molecule has 5 nitrogen and oxygen atoms in total. The second-order valence-electron chi connectivity index (χ2n) is 6.49. The Hall–Kier alpha value is -1.99. The normalized spacial score (nSPS) is 17.4. The van der Waals surface area contributed by atoms with Gasteiger partial charge in [-0.15, -0.1) is 22.7 Å². The van der Waals surface area contributed by atoms with E-state index >= 15 is 0 Å². The number of rotatable bonds is 3. The number of hydrogen-bond acceptors (Lipinski definition) is 6. The largest absolute Gasteiger partial charge is 0.347 e. The van der Waals surface area contributed by atoms with E-state index in [4.69, 9.17) is 4.98 Å². The molecule has 0 unspecified atom stereocenters. The van der Waals surface area contributed by atoms with E-state index in [1.54, 1.807) is 27.6 Å². The fraction of sp³-hybridized carbons (Fsp3) is 0.389. The van der Waals surface area contributed by atoms with Crippen LogP contribution in [0.15, 0.2) is 22.9 Å². The zero-order valence-corrected chi connectivity index (χ0v) is 16.2. The molecule has 0 spiro atoms. The number of carbonyl (C=O) groups is 1. The monoisotopic (exact) mass is 372 g/mol. The molecule has 25 heavy (non-hydrogen) atoms. The highest BCUT2D eigenvalue weighted by atomic mass is 32.1. The second kappa shape index (κ2) is 6.38. The van der Waals surface area contributed by atoms with Crippen molar-refractivity contribution in [1.29, 1.82) is 0 Å². The Morgan fingerprint density at radius 1 is 1.32 bits per heavy atom. The number of likely N-dealkylation sites (N-methyl/N-ethyl adjacent to an activating group) is 1. The van der Waals surface area contributed by atoms with Gasteiger partial charge in [-0.05, 0) is 31.2 Å². The van der Waals surface area contributed by atoms with E-state index in [2.05, 4.69) is 32.8 Å². The molecule has 7 heteroatoms. The summed E-state index contributed by atoms with van der Waals surface area (Å²) in [6.45, 7) is 2.78. The molecule has 4 rings (SSSR count). The van der Waals surface area contributed by atoms with Gasteiger partial charge < -0.3 is 9.80 Å². The van der Waals surface area contributed by atoms with Crippen LogP contribution in [0.1, 0.15) is 18.7 Å². The van der Waals surface area contributed by atoms with Gasteiger partial charge in [0.2, 0.25) is 5.91 Å². The van der Waals surface area contributed by atoms with Crippen LogP contribution in [0.25, 0.3) is 20.7 Å². The summed E-state index contributed by atoms with van der Waals surface area (Å²) < 4.78 is 0. The Kier molecular flexibility index (Phi) is 4.21. The molecule has 0 bridgehead atoms. The van der Waals surface area contributed by atoms with Crippen LogP contribution in [0.5, 0.6) is 0 Å². The average Bonchev–Trinajstić information content (AvgIpc) is 3.32. The van der Waals surface area contributed by atoms with E-state index < -0.39 is 0 Å². The van der Waals surface area contributed by atoms with Crippen molar-refractivity contribution in [3.63, 3.8) is 0 Å². The topological polar surface area (TPSA) is 49.3 Å². The number of nitrogens with zero attached hydrogens (tertiary/aromatic N) is 4. The highest BCUT2D eigenvalue weighted by Crippen LogP contribution is 2.41. The van der Waals surface area contributed by atoms with Crippen LogP contribution in [0, 0.1) is 6.92 Å². The van der Waals surface area contributed by atoms with Crippen molar-refractivity contribution >= 4 is 44.6 Å². The van der Waals surface area contributed by atoms with E-state index in [1.165, 1.54) is 10.4 Å². The van der Waals surface area contributed by atoms with Crippen LogP contribution in [0.3, 0.4) is 0 Å². The summed E-state index contributed by atoms with van der Waals surface area (Å²) in [6.07, 6.45) is 1.88. The summed E-state index contributed by atoms with van der Waals surface area (Å²) >= 11 is 3.37. The van der Waals surface area contributed by atoms with Crippen LogP contribution < -0.4 is 4.90 Å². The number of amides is 1. The molecule has 1 atom stereocenters. The number of thiophene rings is 2. The van der Waals surface area contributed by atoms with E-state index in [9.17, 15) is 4.79 Å². The van der Waals surface area contributed by atoms with Gasteiger partial charge in [0.05, 0.1) is 5.39 Å². The highest BCUT2D eigenvalue weighted by Gasteiger charge is 2.34. The van der Waals surface area contributed by atoms with E-state index in [0.717, 1.165) is 41.2 Å². The minimum absolute atomic E-state index is 0.136. The SMILES string of the molecule is Cc1nc(N2CCC[C@H]2C(=O)N(C)C)c2c(-c3cccs3)csc2n1. The molecule has 0 aliphatic carbocycles. The van der Waals surface area contributed by atoms with Gasteiger partial charge in [-0.25, -0.2) is 9.97 Å². The lowest BCUT2D eigenvalue weighted by Crippen LogP contribution is -2.43. The lowest BCUT2D eigenvalue weighted by Gasteiger charge is -2.28. The van der Waals surface area contributed by atoms with Gasteiger partial charge in [-0.3, -0.25) is 4.79 Å². The van der Waals surface area contributed by atoms with Crippen LogP contribution in [0.4, 0.5) is 5.82 Å². The van der Waals surface area contributed by atoms with Gasteiger partial charge in [0.25, 0.3) is 0 Å². The summed E-state index contributed by atoms with van der Waals surface area (Å²) in [6, 6.07) is 4.05. The first-order valence-corrected chi connectivity index (χ1v) is 10.1. The van der Waals surface area contributed by atoms with Gasteiger partial charge >= 0.3 is 0 Å². The van der Waals surface area contributed by atoms with Crippen molar-refractivity contribution in [2.24, 2.45) is 0 Å². The zero-order chi connectivity index (χ0) is 17.6. The van der Waals surface area contributed by atoms with Crippen molar-refractivity contribution < 1.29 is 4.79 Å². The van der Waals surface area contributed by atoms with Crippen LogP contribution in [-0.4, -0.2) is 47.5 Å². The summed E-state index contributed by atoms with van der Waals surface area (Å²) in [5.74, 6) is 1.81. The Balaban J connectivity index is 1.89. The molecular weight excluding hydrogens is 352 g/mol. The predicted molar refractivity (Wildman–Crippen MR) is 105 cm³/mol. The molecule has 0 N–H and O–H groups in total. The third-order valence-corrected chi connectivity index (χ3v) is 6.34. The van der Waals surface area contributed by atoms with Crippen molar-refractivity contribution in [3.8, 4) is 10.4 Å². The predicted octanol–water partition coefficient (Wildman–Crippen LogP) is 3.79. The molecule has 1 saturated heterocycles. The molecule has 1 fully saturated rings. The molecule has 1 amide bonds. The van der Waals surface area contributed by atoms with Crippen LogP contribution in [-0.2, 0) is 4.79 Å². The standard InChI is InChI=1S/C18H20N4OS2/c1-11-19-16(22-8-4-6-13(22)18(23)21(2)3)15-12(10-25-17(15)20-11)14-7-5-9-24-14/h5,7,9-10,13H,4,6,8H2,1-3H3/t13-/m0/s1. The van der Waals surface area contributed by atoms with E-state index in [-0.39, 0.29) is 11.9 Å². The Bertz CT molecular complexity index is 917. The molecule has 0 radical (unpaired) electrons. The smallest absolute Gasteiger partial charge is 0.244 e. The molecule has 1 aliphatic rings. The molecule has 130 valence electrons. The fourth-order valence-electron chi connectivity index (χ4n) is 3.42. The van der Waals surface area contributed by atoms with Gasteiger partial charge in [0.15, 0.2) is 0 Å². The van der Waals surface area contributed by atoms with Crippen molar-refractivity contribution in [3.05, 3.63) is 28.7 Å². The number of anilines is 1.